The van der Waals surface area contributed by atoms with Crippen molar-refractivity contribution in [2.24, 2.45) is 7.05 Å². The number of hydrogen-bond acceptors (Lipinski definition) is 8. The number of thiazole rings is 1. The lowest BCUT2D eigenvalue weighted by atomic mass is 10.2. The molecule has 0 saturated heterocycles. The average molecular weight is 497 g/mol. The van der Waals surface area contributed by atoms with Crippen LogP contribution in [-0.2, 0) is 19.8 Å². The Morgan fingerprint density at radius 1 is 1.12 bits per heavy atom. The first kappa shape index (κ1) is 22.5. The molecule has 0 aliphatic heterocycles. The predicted molar refractivity (Wildman–Crippen MR) is 112 cm³/mol. The van der Waals surface area contributed by atoms with Crippen LogP contribution < -0.4 is 10.6 Å². The maximum atomic E-state index is 13.0. The van der Waals surface area contributed by atoms with Crippen molar-refractivity contribution >= 4 is 51.6 Å². The molecule has 0 aliphatic carbocycles. The molecule has 10 nitrogen and oxygen atoms in total. The summed E-state index contributed by atoms with van der Waals surface area (Å²) in [5.74, 6) is -1.51. The lowest BCUT2D eigenvalue weighted by molar-refractivity contribution is -0.137. The van der Waals surface area contributed by atoms with Crippen LogP contribution in [0.2, 0.25) is 5.02 Å². The molecule has 2 amide bonds. The standard InChI is InChI=1S/C18H12ClF3N8O2S/c1-30-15-8(3-28-30)14(26-7-27-15)17(32)25-6-13-24-5-11(33-13)16(31)29-12-2-9(18(20,21)22)10(19)4-23-12/h2-5,7H,6H2,1H3,(H,25,32)(H,23,29,31). The zero-order chi connectivity index (χ0) is 23.8. The van der Waals surface area contributed by atoms with Crippen molar-refractivity contribution in [3.8, 4) is 0 Å². The molecule has 4 aromatic heterocycles. The summed E-state index contributed by atoms with van der Waals surface area (Å²) >= 11 is 6.48. The van der Waals surface area contributed by atoms with Gasteiger partial charge < -0.3 is 10.6 Å². The topological polar surface area (TPSA) is 128 Å². The molecule has 0 fully saturated rings. The van der Waals surface area contributed by atoms with Gasteiger partial charge in [0.05, 0.1) is 34.9 Å². The molecule has 4 aromatic rings. The molecule has 15 heteroatoms. The second-order valence-corrected chi connectivity index (χ2v) is 8.05. The SMILES string of the molecule is Cn1ncc2c(C(=O)NCc3ncc(C(=O)Nc4cc(C(F)(F)F)c(Cl)cn4)s3)ncnc21. The number of rotatable bonds is 5. The lowest BCUT2D eigenvalue weighted by Gasteiger charge is -2.10. The Kier molecular flexibility index (Phi) is 5.95. The molecule has 0 radical (unpaired) electrons. The van der Waals surface area contributed by atoms with Gasteiger partial charge in [0.1, 0.15) is 27.7 Å². The monoisotopic (exact) mass is 496 g/mol. The summed E-state index contributed by atoms with van der Waals surface area (Å²) in [6.07, 6.45) is 0.0807. The van der Waals surface area contributed by atoms with Gasteiger partial charge in [-0.3, -0.25) is 14.3 Å². The van der Waals surface area contributed by atoms with Gasteiger partial charge in [-0.15, -0.1) is 11.3 Å². The van der Waals surface area contributed by atoms with Crippen molar-refractivity contribution in [3.05, 3.63) is 57.1 Å². The second kappa shape index (κ2) is 8.71. The maximum Gasteiger partial charge on any atom is 0.418 e. The van der Waals surface area contributed by atoms with Crippen LogP contribution in [-0.4, -0.2) is 41.5 Å². The molecule has 0 spiro atoms. The van der Waals surface area contributed by atoms with Crippen LogP contribution in [0.5, 0.6) is 0 Å². The molecule has 2 N–H and O–H groups in total. The first-order valence-corrected chi connectivity index (χ1v) is 10.2. The number of nitrogens with zero attached hydrogens (tertiary/aromatic N) is 6. The number of anilines is 1. The van der Waals surface area contributed by atoms with Crippen LogP contribution in [0.25, 0.3) is 11.0 Å². The Morgan fingerprint density at radius 3 is 2.67 bits per heavy atom. The highest BCUT2D eigenvalue weighted by molar-refractivity contribution is 7.13. The van der Waals surface area contributed by atoms with E-state index < -0.39 is 28.6 Å². The van der Waals surface area contributed by atoms with Gasteiger partial charge in [0.15, 0.2) is 5.65 Å². The van der Waals surface area contributed by atoms with E-state index in [4.69, 9.17) is 11.6 Å². The van der Waals surface area contributed by atoms with E-state index in [0.29, 0.717) is 22.1 Å². The van der Waals surface area contributed by atoms with Crippen LogP contribution in [0.3, 0.4) is 0 Å². The Balaban J connectivity index is 1.42. The van der Waals surface area contributed by atoms with Crippen LogP contribution in [0.4, 0.5) is 19.0 Å². The number of carbonyl (C=O) groups excluding carboxylic acids is 2. The molecular weight excluding hydrogens is 485 g/mol. The first-order chi connectivity index (χ1) is 15.6. The number of alkyl halides is 3. The molecule has 170 valence electrons. The summed E-state index contributed by atoms with van der Waals surface area (Å²) < 4.78 is 40.4. The summed E-state index contributed by atoms with van der Waals surface area (Å²) in [7, 11) is 1.68. The molecular formula is C18H12ClF3N8O2S. The van der Waals surface area contributed by atoms with E-state index in [2.05, 4.69) is 35.7 Å². The van der Waals surface area contributed by atoms with Gasteiger partial charge >= 0.3 is 6.18 Å². The zero-order valence-electron chi connectivity index (χ0n) is 16.5. The average Bonchev–Trinajstić information content (AvgIpc) is 3.40. The van der Waals surface area contributed by atoms with Crippen LogP contribution in [0, 0.1) is 0 Å². The molecule has 0 aromatic carbocycles. The fourth-order valence-corrected chi connectivity index (χ4v) is 3.74. The van der Waals surface area contributed by atoms with Crippen molar-refractivity contribution in [3.63, 3.8) is 0 Å². The molecule has 0 atom stereocenters. The third kappa shape index (κ3) is 4.75. The number of fused-ring (bicyclic) bond motifs is 1. The Morgan fingerprint density at radius 2 is 1.91 bits per heavy atom. The van der Waals surface area contributed by atoms with Gasteiger partial charge in [-0.2, -0.15) is 18.3 Å². The van der Waals surface area contributed by atoms with E-state index in [1.165, 1.54) is 23.4 Å². The Labute approximate surface area is 191 Å². The minimum absolute atomic E-state index is 0.0000445. The quantitative estimate of drug-likeness (QED) is 0.434. The normalized spacial score (nSPS) is 11.5. The van der Waals surface area contributed by atoms with E-state index in [9.17, 15) is 22.8 Å². The lowest BCUT2D eigenvalue weighted by Crippen LogP contribution is -2.24. The number of nitrogens with one attached hydrogen (secondary N) is 2. The highest BCUT2D eigenvalue weighted by atomic mass is 35.5. The number of aromatic nitrogens is 6. The molecule has 4 rings (SSSR count). The largest absolute Gasteiger partial charge is 0.418 e. The van der Waals surface area contributed by atoms with E-state index in [-0.39, 0.29) is 22.9 Å². The number of hydrogen-bond donors (Lipinski definition) is 2. The van der Waals surface area contributed by atoms with Crippen molar-refractivity contribution in [1.29, 1.82) is 0 Å². The summed E-state index contributed by atoms with van der Waals surface area (Å²) in [6, 6.07) is 0.642. The van der Waals surface area contributed by atoms with Crippen LogP contribution in [0.15, 0.2) is 31.0 Å². The third-order valence-corrected chi connectivity index (χ3v) is 5.62. The highest BCUT2D eigenvalue weighted by Crippen LogP contribution is 2.35. The number of pyridine rings is 1. The molecule has 0 saturated carbocycles. The van der Waals surface area contributed by atoms with Gasteiger partial charge in [-0.25, -0.2) is 19.9 Å². The Hall–Kier alpha value is -3.65. The van der Waals surface area contributed by atoms with E-state index in [0.717, 1.165) is 17.5 Å². The number of amides is 2. The van der Waals surface area contributed by atoms with Crippen molar-refractivity contribution in [1.82, 2.24) is 35.0 Å². The van der Waals surface area contributed by atoms with Crippen molar-refractivity contribution in [2.45, 2.75) is 12.7 Å². The highest BCUT2D eigenvalue weighted by Gasteiger charge is 2.34. The van der Waals surface area contributed by atoms with Crippen LogP contribution >= 0.6 is 22.9 Å². The van der Waals surface area contributed by atoms with Crippen LogP contribution in [0.1, 0.15) is 30.7 Å². The fourth-order valence-electron chi connectivity index (χ4n) is 2.78. The molecule has 0 unspecified atom stereocenters. The smallest absolute Gasteiger partial charge is 0.344 e. The van der Waals surface area contributed by atoms with Gasteiger partial charge in [0.2, 0.25) is 0 Å². The summed E-state index contributed by atoms with van der Waals surface area (Å²) in [5, 5.41) is 9.25. The minimum Gasteiger partial charge on any atom is -0.344 e. The minimum atomic E-state index is -4.69. The van der Waals surface area contributed by atoms with E-state index in [1.807, 2.05) is 0 Å². The van der Waals surface area contributed by atoms with Gasteiger partial charge in [-0.05, 0) is 6.07 Å². The molecule has 0 bridgehead atoms. The van der Waals surface area contributed by atoms with Crippen molar-refractivity contribution in [2.75, 3.05) is 5.32 Å². The summed E-state index contributed by atoms with van der Waals surface area (Å²) in [6.45, 7) is -0.0000445. The number of halogens is 4. The Bertz CT molecular complexity index is 1370. The summed E-state index contributed by atoms with van der Waals surface area (Å²) in [4.78, 5) is 40.8. The maximum absolute atomic E-state index is 13.0. The van der Waals surface area contributed by atoms with E-state index in [1.54, 1.807) is 7.05 Å². The number of carbonyl (C=O) groups is 2. The first-order valence-electron chi connectivity index (χ1n) is 9.03. The second-order valence-electron chi connectivity index (χ2n) is 6.53. The summed E-state index contributed by atoms with van der Waals surface area (Å²) in [5.41, 5.74) is -0.487. The zero-order valence-corrected chi connectivity index (χ0v) is 18.1. The van der Waals surface area contributed by atoms with Crippen molar-refractivity contribution < 1.29 is 22.8 Å². The predicted octanol–water partition coefficient (Wildman–Crippen LogP) is 3.07. The molecule has 33 heavy (non-hydrogen) atoms. The number of aryl methyl sites for hydroxylation is 1. The third-order valence-electron chi connectivity index (χ3n) is 4.32. The van der Waals surface area contributed by atoms with Gasteiger partial charge in [-0.1, -0.05) is 11.6 Å². The van der Waals surface area contributed by atoms with Gasteiger partial charge in [0.25, 0.3) is 11.8 Å². The molecule has 0 aliphatic rings. The van der Waals surface area contributed by atoms with Gasteiger partial charge in [0, 0.05) is 13.2 Å². The fraction of sp³-hybridized carbons (Fsp3) is 0.167. The van der Waals surface area contributed by atoms with E-state index >= 15 is 0 Å². The molecule has 4 heterocycles.